The highest BCUT2D eigenvalue weighted by molar-refractivity contribution is 6.30. The maximum absolute atomic E-state index is 14.6. The molecule has 1 atom stereocenters. The molecular weight excluding hydrogens is 425 g/mol. The summed E-state index contributed by atoms with van der Waals surface area (Å²) in [5, 5.41) is 8.05. The molecule has 1 saturated heterocycles. The summed E-state index contributed by atoms with van der Waals surface area (Å²) in [5.41, 5.74) is 5.55. The van der Waals surface area contributed by atoms with Gasteiger partial charge >= 0.3 is 0 Å². The highest BCUT2D eigenvalue weighted by Gasteiger charge is 2.28. The first-order valence-electron chi connectivity index (χ1n) is 10.7. The highest BCUT2D eigenvalue weighted by atomic mass is 35.5. The van der Waals surface area contributed by atoms with Gasteiger partial charge in [0, 0.05) is 29.2 Å². The SMILES string of the molecule is Fc1ccccc1-c1[nH]ncc1C(c1ccc(-c2ccc(Cl)cc2)cc1)N1CCOCC1. The van der Waals surface area contributed by atoms with Crippen molar-refractivity contribution in [2.45, 2.75) is 6.04 Å². The Morgan fingerprint density at radius 1 is 0.906 bits per heavy atom. The van der Waals surface area contributed by atoms with Gasteiger partial charge in [-0.1, -0.05) is 60.1 Å². The zero-order valence-electron chi connectivity index (χ0n) is 17.5. The lowest BCUT2D eigenvalue weighted by atomic mass is 9.93. The van der Waals surface area contributed by atoms with Gasteiger partial charge in [0.2, 0.25) is 0 Å². The maximum Gasteiger partial charge on any atom is 0.132 e. The number of ether oxygens (including phenoxy) is 1. The highest BCUT2D eigenvalue weighted by Crippen LogP contribution is 2.36. The number of rotatable bonds is 5. The minimum atomic E-state index is -0.267. The number of aromatic nitrogens is 2. The Morgan fingerprint density at radius 2 is 1.56 bits per heavy atom. The number of halogens is 2. The first-order chi connectivity index (χ1) is 15.7. The monoisotopic (exact) mass is 447 g/mol. The molecular formula is C26H23ClFN3O. The van der Waals surface area contributed by atoms with E-state index in [2.05, 4.69) is 39.4 Å². The Bertz CT molecular complexity index is 1180. The van der Waals surface area contributed by atoms with Crippen LogP contribution in [0.1, 0.15) is 17.2 Å². The van der Waals surface area contributed by atoms with E-state index in [1.54, 1.807) is 12.1 Å². The lowest BCUT2D eigenvalue weighted by Crippen LogP contribution is -2.39. The predicted molar refractivity (Wildman–Crippen MR) is 125 cm³/mol. The average molecular weight is 448 g/mol. The van der Waals surface area contributed by atoms with E-state index in [9.17, 15) is 4.39 Å². The fourth-order valence-corrected chi connectivity index (χ4v) is 4.43. The summed E-state index contributed by atoms with van der Waals surface area (Å²) in [7, 11) is 0. The molecule has 6 heteroatoms. The van der Waals surface area contributed by atoms with E-state index >= 15 is 0 Å². The van der Waals surface area contributed by atoms with Gasteiger partial charge in [0.25, 0.3) is 0 Å². The van der Waals surface area contributed by atoms with Gasteiger partial charge in [0.1, 0.15) is 5.82 Å². The molecule has 1 aliphatic heterocycles. The fourth-order valence-electron chi connectivity index (χ4n) is 4.31. The molecule has 4 aromatic rings. The van der Waals surface area contributed by atoms with Crippen LogP contribution in [-0.4, -0.2) is 41.4 Å². The third kappa shape index (κ3) is 4.19. The van der Waals surface area contributed by atoms with Gasteiger partial charge in [0.05, 0.1) is 31.1 Å². The lowest BCUT2D eigenvalue weighted by molar-refractivity contribution is 0.0240. The normalized spacial score (nSPS) is 15.6. The van der Waals surface area contributed by atoms with Gasteiger partial charge in [-0.05, 0) is 41.0 Å². The van der Waals surface area contributed by atoms with Crippen LogP contribution in [0, 0.1) is 5.82 Å². The first kappa shape index (κ1) is 20.9. The van der Waals surface area contributed by atoms with Crippen LogP contribution in [0.4, 0.5) is 4.39 Å². The molecule has 5 rings (SSSR count). The Kier molecular flexibility index (Phi) is 6.04. The zero-order valence-corrected chi connectivity index (χ0v) is 18.2. The smallest absolute Gasteiger partial charge is 0.132 e. The van der Waals surface area contributed by atoms with Crippen molar-refractivity contribution in [3.63, 3.8) is 0 Å². The second-order valence-electron chi connectivity index (χ2n) is 7.86. The van der Waals surface area contributed by atoms with E-state index in [0.29, 0.717) is 24.5 Å². The molecule has 2 heterocycles. The van der Waals surface area contributed by atoms with E-state index in [4.69, 9.17) is 16.3 Å². The quantitative estimate of drug-likeness (QED) is 0.410. The summed E-state index contributed by atoms with van der Waals surface area (Å²) in [6.07, 6.45) is 1.81. The minimum Gasteiger partial charge on any atom is -0.379 e. The number of benzene rings is 3. The molecule has 0 radical (unpaired) electrons. The van der Waals surface area contributed by atoms with Crippen LogP contribution in [0.5, 0.6) is 0 Å². The molecule has 0 saturated carbocycles. The van der Waals surface area contributed by atoms with E-state index in [0.717, 1.165) is 40.4 Å². The summed E-state index contributed by atoms with van der Waals surface area (Å²) >= 11 is 6.03. The fraction of sp³-hybridized carbons (Fsp3) is 0.192. The molecule has 32 heavy (non-hydrogen) atoms. The summed E-state index contributed by atoms with van der Waals surface area (Å²) in [6, 6.07) is 23.1. The molecule has 1 fully saturated rings. The maximum atomic E-state index is 14.6. The summed E-state index contributed by atoms with van der Waals surface area (Å²) in [6.45, 7) is 2.94. The van der Waals surface area contributed by atoms with Crippen molar-refractivity contribution in [3.05, 3.63) is 101 Å². The number of hydrogen-bond acceptors (Lipinski definition) is 3. The minimum absolute atomic E-state index is 0.0634. The molecule has 1 aliphatic rings. The Hall–Kier alpha value is -2.99. The summed E-state index contributed by atoms with van der Waals surface area (Å²) in [5.74, 6) is -0.267. The Balaban J connectivity index is 1.55. The van der Waals surface area contributed by atoms with Crippen LogP contribution in [0.2, 0.25) is 5.02 Å². The first-order valence-corrected chi connectivity index (χ1v) is 11.0. The molecule has 0 amide bonds. The van der Waals surface area contributed by atoms with Crippen molar-refractivity contribution in [3.8, 4) is 22.4 Å². The molecule has 0 spiro atoms. The van der Waals surface area contributed by atoms with E-state index in [1.165, 1.54) is 6.07 Å². The molecule has 1 aromatic heterocycles. The van der Waals surface area contributed by atoms with Crippen molar-refractivity contribution < 1.29 is 9.13 Å². The molecule has 162 valence electrons. The van der Waals surface area contributed by atoms with Crippen molar-refractivity contribution in [1.82, 2.24) is 15.1 Å². The van der Waals surface area contributed by atoms with Gasteiger partial charge in [-0.2, -0.15) is 5.10 Å². The van der Waals surface area contributed by atoms with Gasteiger partial charge in [-0.15, -0.1) is 0 Å². The third-order valence-corrected chi connectivity index (χ3v) is 6.17. The number of nitrogens with one attached hydrogen (secondary N) is 1. The van der Waals surface area contributed by atoms with E-state index < -0.39 is 0 Å². The lowest BCUT2D eigenvalue weighted by Gasteiger charge is -2.35. The molecule has 1 unspecified atom stereocenters. The van der Waals surface area contributed by atoms with Gasteiger partial charge in [0.15, 0.2) is 0 Å². The van der Waals surface area contributed by atoms with Gasteiger partial charge in [-0.3, -0.25) is 10.00 Å². The average Bonchev–Trinajstić information content (AvgIpc) is 3.30. The van der Waals surface area contributed by atoms with Gasteiger partial charge < -0.3 is 4.74 Å². The molecule has 4 nitrogen and oxygen atoms in total. The second-order valence-corrected chi connectivity index (χ2v) is 8.30. The van der Waals surface area contributed by atoms with E-state index in [1.807, 2.05) is 36.5 Å². The van der Waals surface area contributed by atoms with E-state index in [-0.39, 0.29) is 11.9 Å². The number of H-pyrrole nitrogens is 1. The Morgan fingerprint density at radius 3 is 2.25 bits per heavy atom. The second kappa shape index (κ2) is 9.25. The summed E-state index contributed by atoms with van der Waals surface area (Å²) in [4.78, 5) is 2.37. The van der Waals surface area contributed by atoms with Crippen LogP contribution < -0.4 is 0 Å². The standard InChI is InChI=1S/C26H23ClFN3O/c27-21-11-9-19(10-12-21)18-5-7-20(8-6-18)26(31-13-15-32-16-14-31)23-17-29-30-25(23)22-3-1-2-4-24(22)28/h1-12,17,26H,13-16H2,(H,29,30). The topological polar surface area (TPSA) is 41.2 Å². The van der Waals surface area contributed by atoms with Crippen LogP contribution in [0.25, 0.3) is 22.4 Å². The number of morpholine rings is 1. The number of aromatic amines is 1. The molecule has 1 N–H and O–H groups in total. The third-order valence-electron chi connectivity index (χ3n) is 5.92. The van der Waals surface area contributed by atoms with Crippen molar-refractivity contribution in [2.24, 2.45) is 0 Å². The van der Waals surface area contributed by atoms with Crippen molar-refractivity contribution >= 4 is 11.6 Å². The number of nitrogens with zero attached hydrogens (tertiary/aromatic N) is 2. The van der Waals surface area contributed by atoms with Crippen LogP contribution in [0.15, 0.2) is 79.0 Å². The van der Waals surface area contributed by atoms with Crippen LogP contribution in [0.3, 0.4) is 0 Å². The zero-order chi connectivity index (χ0) is 21.9. The van der Waals surface area contributed by atoms with Crippen molar-refractivity contribution in [1.29, 1.82) is 0 Å². The Labute approximate surface area is 191 Å². The van der Waals surface area contributed by atoms with Gasteiger partial charge in [-0.25, -0.2) is 4.39 Å². The van der Waals surface area contributed by atoms with Crippen LogP contribution in [-0.2, 0) is 4.74 Å². The van der Waals surface area contributed by atoms with Crippen molar-refractivity contribution in [2.75, 3.05) is 26.3 Å². The molecule has 0 bridgehead atoms. The predicted octanol–water partition coefficient (Wildman–Crippen LogP) is 5.96. The summed E-state index contributed by atoms with van der Waals surface area (Å²) < 4.78 is 20.2. The van der Waals surface area contributed by atoms with Crippen LogP contribution >= 0.6 is 11.6 Å². The number of hydrogen-bond donors (Lipinski definition) is 1. The molecule has 0 aliphatic carbocycles. The largest absolute Gasteiger partial charge is 0.379 e. The molecule has 3 aromatic carbocycles.